The Balaban J connectivity index is 4.17. The fourth-order valence-corrected chi connectivity index (χ4v) is 2.10. The highest BCUT2D eigenvalue weighted by molar-refractivity contribution is 5.84. The molecule has 0 fully saturated rings. The highest BCUT2D eigenvalue weighted by Crippen LogP contribution is 2.18. The number of carbonyl (C=O) groups excluding carboxylic acids is 1. The lowest BCUT2D eigenvalue weighted by Crippen LogP contribution is -2.53. The molecule has 0 aliphatic rings. The van der Waals surface area contributed by atoms with E-state index in [1.165, 1.54) is 0 Å². The van der Waals surface area contributed by atoms with Gasteiger partial charge in [-0.05, 0) is 73.0 Å². The van der Waals surface area contributed by atoms with Gasteiger partial charge in [-0.1, -0.05) is 13.8 Å². The van der Waals surface area contributed by atoms with Crippen LogP contribution in [0.3, 0.4) is 0 Å². The van der Waals surface area contributed by atoms with Crippen LogP contribution in [-0.2, 0) is 4.79 Å². The van der Waals surface area contributed by atoms with Gasteiger partial charge in [0.1, 0.15) is 0 Å². The monoisotopic (exact) mass is 285 g/mol. The summed E-state index contributed by atoms with van der Waals surface area (Å²) < 4.78 is 0. The maximum absolute atomic E-state index is 11.6. The number of amides is 1. The summed E-state index contributed by atoms with van der Waals surface area (Å²) in [6.45, 7) is 12.7. The molecule has 4 nitrogen and oxygen atoms in total. The second-order valence-corrected chi connectivity index (χ2v) is 6.67. The molecule has 0 saturated heterocycles. The van der Waals surface area contributed by atoms with Gasteiger partial charge in [0.25, 0.3) is 0 Å². The van der Waals surface area contributed by atoms with Crippen LogP contribution in [-0.4, -0.2) is 42.0 Å². The van der Waals surface area contributed by atoms with Crippen molar-refractivity contribution in [2.24, 2.45) is 5.73 Å². The lowest BCUT2D eigenvalue weighted by molar-refractivity contribution is -0.124. The molecule has 20 heavy (non-hydrogen) atoms. The predicted octanol–water partition coefficient (Wildman–Crippen LogP) is 2.52. The summed E-state index contributed by atoms with van der Waals surface area (Å²) in [5.74, 6) is -0.242. The summed E-state index contributed by atoms with van der Waals surface area (Å²) in [5, 5.41) is 3.29. The minimum atomic E-state index is -0.561. The molecule has 0 rings (SSSR count). The normalized spacial score (nSPS) is 15.3. The van der Waals surface area contributed by atoms with E-state index in [-0.39, 0.29) is 11.4 Å². The molecule has 0 aliphatic carbocycles. The lowest BCUT2D eigenvalue weighted by Gasteiger charge is -2.35. The zero-order chi connectivity index (χ0) is 15.8. The molecule has 120 valence electrons. The van der Waals surface area contributed by atoms with Gasteiger partial charge in [0.05, 0.1) is 5.54 Å². The average molecular weight is 285 g/mol. The molecule has 0 radical (unpaired) electrons. The molecule has 0 bridgehead atoms. The number of rotatable bonds is 11. The van der Waals surface area contributed by atoms with Gasteiger partial charge in [-0.3, -0.25) is 4.79 Å². The summed E-state index contributed by atoms with van der Waals surface area (Å²) in [6.07, 6.45) is 5.07. The average Bonchev–Trinajstić information content (AvgIpc) is 2.40. The van der Waals surface area contributed by atoms with Gasteiger partial charge in [0.2, 0.25) is 5.91 Å². The molecular weight excluding hydrogens is 250 g/mol. The van der Waals surface area contributed by atoms with Crippen molar-refractivity contribution in [3.8, 4) is 0 Å². The number of primary amides is 1. The largest absolute Gasteiger partial charge is 0.368 e. The molecule has 4 heteroatoms. The molecule has 0 aromatic carbocycles. The number of carbonyl (C=O) groups is 1. The van der Waals surface area contributed by atoms with Crippen LogP contribution in [0.2, 0.25) is 0 Å². The first-order valence-electron chi connectivity index (χ1n) is 7.95. The fourth-order valence-electron chi connectivity index (χ4n) is 2.10. The Bertz CT molecular complexity index is 291. The van der Waals surface area contributed by atoms with E-state index in [9.17, 15) is 4.79 Å². The number of hydrogen-bond donors (Lipinski definition) is 2. The number of nitrogens with two attached hydrogens (primary N) is 1. The Morgan fingerprint density at radius 1 is 1.20 bits per heavy atom. The van der Waals surface area contributed by atoms with Crippen molar-refractivity contribution < 1.29 is 4.79 Å². The third-order valence-electron chi connectivity index (χ3n) is 4.63. The molecule has 3 N–H and O–H groups in total. The molecule has 1 unspecified atom stereocenters. The van der Waals surface area contributed by atoms with Crippen molar-refractivity contribution in [3.05, 3.63) is 0 Å². The van der Waals surface area contributed by atoms with Crippen LogP contribution in [0.15, 0.2) is 0 Å². The van der Waals surface area contributed by atoms with Crippen LogP contribution in [0, 0.1) is 0 Å². The fraction of sp³-hybridized carbons (Fsp3) is 0.938. The van der Waals surface area contributed by atoms with Gasteiger partial charge in [-0.25, -0.2) is 0 Å². The van der Waals surface area contributed by atoms with Crippen LogP contribution in [0.1, 0.15) is 66.7 Å². The molecule has 0 aromatic rings. The third-order valence-corrected chi connectivity index (χ3v) is 4.63. The van der Waals surface area contributed by atoms with E-state index in [4.69, 9.17) is 5.73 Å². The van der Waals surface area contributed by atoms with Crippen molar-refractivity contribution in [3.63, 3.8) is 0 Å². The van der Waals surface area contributed by atoms with Gasteiger partial charge in [0.15, 0.2) is 0 Å². The van der Waals surface area contributed by atoms with Crippen molar-refractivity contribution >= 4 is 5.91 Å². The second-order valence-electron chi connectivity index (χ2n) is 6.67. The number of unbranched alkanes of at least 4 members (excludes halogenated alkanes) is 1. The molecule has 0 saturated carbocycles. The van der Waals surface area contributed by atoms with Crippen molar-refractivity contribution in [1.29, 1.82) is 0 Å². The third kappa shape index (κ3) is 6.23. The topological polar surface area (TPSA) is 58.4 Å². The first-order valence-corrected chi connectivity index (χ1v) is 7.95. The highest BCUT2D eigenvalue weighted by atomic mass is 16.1. The summed E-state index contributed by atoms with van der Waals surface area (Å²) in [7, 11) is 2.17. The van der Waals surface area contributed by atoms with Crippen LogP contribution in [0.25, 0.3) is 0 Å². The molecule has 0 aliphatic heterocycles. The van der Waals surface area contributed by atoms with Gasteiger partial charge in [-0.15, -0.1) is 0 Å². The number of nitrogens with zero attached hydrogens (tertiary/aromatic N) is 1. The Morgan fingerprint density at radius 3 is 2.25 bits per heavy atom. The number of hydrogen-bond acceptors (Lipinski definition) is 3. The van der Waals surface area contributed by atoms with Gasteiger partial charge < -0.3 is 16.0 Å². The molecule has 0 heterocycles. The van der Waals surface area contributed by atoms with Gasteiger partial charge >= 0.3 is 0 Å². The van der Waals surface area contributed by atoms with E-state index >= 15 is 0 Å². The van der Waals surface area contributed by atoms with Gasteiger partial charge in [-0.2, -0.15) is 0 Å². The summed E-state index contributed by atoms with van der Waals surface area (Å²) in [4.78, 5) is 14.0. The molecule has 1 amide bonds. The maximum atomic E-state index is 11.6. The Morgan fingerprint density at radius 2 is 1.80 bits per heavy atom. The van der Waals surface area contributed by atoms with E-state index in [2.05, 4.69) is 45.0 Å². The SMILES string of the molecule is CCCNC(C)(CCCCN(C)C(C)(C)CC)C(N)=O. The summed E-state index contributed by atoms with van der Waals surface area (Å²) in [6, 6.07) is 0. The first-order chi connectivity index (χ1) is 9.19. The van der Waals surface area contributed by atoms with Crippen LogP contribution in [0.5, 0.6) is 0 Å². The predicted molar refractivity (Wildman–Crippen MR) is 86.7 cm³/mol. The van der Waals surface area contributed by atoms with E-state index in [0.717, 1.165) is 45.2 Å². The minimum absolute atomic E-state index is 0.242. The highest BCUT2D eigenvalue weighted by Gasteiger charge is 2.29. The van der Waals surface area contributed by atoms with E-state index in [1.54, 1.807) is 0 Å². The van der Waals surface area contributed by atoms with Crippen molar-refractivity contribution in [2.45, 2.75) is 77.8 Å². The zero-order valence-electron chi connectivity index (χ0n) is 14.4. The molecular formula is C16H35N3O. The van der Waals surface area contributed by atoms with E-state index in [1.807, 2.05) is 6.92 Å². The summed E-state index contributed by atoms with van der Waals surface area (Å²) >= 11 is 0. The van der Waals surface area contributed by atoms with Crippen LogP contribution >= 0.6 is 0 Å². The quantitative estimate of drug-likeness (QED) is 0.574. The molecule has 0 spiro atoms. The zero-order valence-corrected chi connectivity index (χ0v) is 14.4. The van der Waals surface area contributed by atoms with Crippen molar-refractivity contribution in [2.75, 3.05) is 20.1 Å². The molecule has 1 atom stereocenters. The van der Waals surface area contributed by atoms with Crippen molar-refractivity contribution in [1.82, 2.24) is 10.2 Å². The van der Waals surface area contributed by atoms with E-state index in [0.29, 0.717) is 0 Å². The Labute approximate surface area is 125 Å². The maximum Gasteiger partial charge on any atom is 0.237 e. The smallest absolute Gasteiger partial charge is 0.237 e. The van der Waals surface area contributed by atoms with Crippen LogP contribution in [0.4, 0.5) is 0 Å². The Kier molecular flexibility index (Phi) is 8.36. The standard InChI is InChI=1S/C16H35N3O/c1-7-12-18-16(5,14(17)20)11-9-10-13-19(6)15(3,4)8-2/h18H,7-13H2,1-6H3,(H2,17,20). The van der Waals surface area contributed by atoms with Crippen LogP contribution < -0.4 is 11.1 Å². The van der Waals surface area contributed by atoms with Gasteiger partial charge in [0, 0.05) is 5.54 Å². The second kappa shape index (κ2) is 8.63. The lowest BCUT2D eigenvalue weighted by atomic mass is 9.93. The van der Waals surface area contributed by atoms with E-state index < -0.39 is 5.54 Å². The Hall–Kier alpha value is -0.610. The minimum Gasteiger partial charge on any atom is -0.368 e. The molecule has 0 aromatic heterocycles. The first kappa shape index (κ1) is 19.4. The number of nitrogens with one attached hydrogen (secondary N) is 1. The summed E-state index contributed by atoms with van der Waals surface area (Å²) in [5.41, 5.74) is 5.22.